The molecule has 0 aromatic heterocycles. The Labute approximate surface area is 146 Å². The van der Waals surface area contributed by atoms with Crippen LogP contribution in [0.1, 0.15) is 38.5 Å². The molecule has 4 bridgehead atoms. The Balaban J connectivity index is 1.27. The second-order valence-electron chi connectivity index (χ2n) is 8.32. The summed E-state index contributed by atoms with van der Waals surface area (Å²) in [6.45, 7) is 0.00985. The molecule has 5 aliphatic rings. The molecule has 3 N–H and O–H groups in total. The lowest BCUT2D eigenvalue weighted by molar-refractivity contribution is -0.118. The number of hydrogen-bond donors (Lipinski definition) is 3. The van der Waals surface area contributed by atoms with E-state index in [0.717, 1.165) is 37.0 Å². The van der Waals surface area contributed by atoms with Gasteiger partial charge in [0, 0.05) is 17.3 Å². The van der Waals surface area contributed by atoms with Gasteiger partial charge in [-0.2, -0.15) is 0 Å². The van der Waals surface area contributed by atoms with Gasteiger partial charge in [0.2, 0.25) is 0 Å². The molecule has 6 nitrogen and oxygen atoms in total. The van der Waals surface area contributed by atoms with E-state index in [2.05, 4.69) is 16.0 Å². The van der Waals surface area contributed by atoms with Gasteiger partial charge in [-0.15, -0.1) is 0 Å². The molecule has 3 amide bonds. The van der Waals surface area contributed by atoms with Gasteiger partial charge in [-0.25, -0.2) is 4.79 Å². The molecule has 1 aliphatic heterocycles. The van der Waals surface area contributed by atoms with Crippen molar-refractivity contribution in [2.75, 3.05) is 17.2 Å². The predicted octanol–water partition coefficient (Wildman–Crippen LogP) is 3.11. The molecule has 4 saturated carbocycles. The largest absolute Gasteiger partial charge is 0.482 e. The Hall–Kier alpha value is -2.24. The molecule has 0 atom stereocenters. The molecular formula is C19H23N3O3. The van der Waals surface area contributed by atoms with Crippen molar-refractivity contribution in [3.8, 4) is 5.75 Å². The third-order valence-corrected chi connectivity index (χ3v) is 6.29. The van der Waals surface area contributed by atoms with Crippen LogP contribution in [-0.4, -0.2) is 24.1 Å². The Morgan fingerprint density at radius 3 is 2.48 bits per heavy atom. The van der Waals surface area contributed by atoms with Crippen LogP contribution >= 0.6 is 0 Å². The van der Waals surface area contributed by atoms with Crippen LogP contribution in [0.4, 0.5) is 16.2 Å². The summed E-state index contributed by atoms with van der Waals surface area (Å²) in [4.78, 5) is 23.9. The zero-order valence-electron chi connectivity index (χ0n) is 14.1. The third-order valence-electron chi connectivity index (χ3n) is 6.29. The van der Waals surface area contributed by atoms with Gasteiger partial charge >= 0.3 is 6.03 Å². The lowest BCUT2D eigenvalue weighted by Gasteiger charge is -2.56. The van der Waals surface area contributed by atoms with Gasteiger partial charge < -0.3 is 20.7 Å². The molecule has 0 unspecified atom stereocenters. The van der Waals surface area contributed by atoms with Crippen LogP contribution in [0.2, 0.25) is 0 Å². The smallest absolute Gasteiger partial charge is 0.319 e. The normalized spacial score (nSPS) is 34.7. The Morgan fingerprint density at radius 1 is 1.12 bits per heavy atom. The van der Waals surface area contributed by atoms with Gasteiger partial charge in [0.15, 0.2) is 6.61 Å². The molecule has 0 radical (unpaired) electrons. The molecule has 6 rings (SSSR count). The van der Waals surface area contributed by atoms with Crippen molar-refractivity contribution in [3.05, 3.63) is 18.2 Å². The van der Waals surface area contributed by atoms with Crippen LogP contribution in [0.25, 0.3) is 0 Å². The summed E-state index contributed by atoms with van der Waals surface area (Å²) in [5, 5.41) is 8.99. The van der Waals surface area contributed by atoms with Crippen molar-refractivity contribution >= 4 is 23.3 Å². The average Bonchev–Trinajstić information content (AvgIpc) is 2.53. The Kier molecular flexibility index (Phi) is 3.24. The van der Waals surface area contributed by atoms with Crippen molar-refractivity contribution in [1.82, 2.24) is 5.32 Å². The number of ether oxygens (including phenoxy) is 1. The van der Waals surface area contributed by atoms with Crippen LogP contribution in [0.5, 0.6) is 5.75 Å². The summed E-state index contributed by atoms with van der Waals surface area (Å²) in [7, 11) is 0. The minimum absolute atomic E-state index is 0.00246. The summed E-state index contributed by atoms with van der Waals surface area (Å²) in [5.41, 5.74) is 1.32. The standard InChI is InChI=1S/C19H23N3O3/c23-17-10-25-16-6-14(1-2-15(16)21-17)20-18(24)22-19-7-11-3-12(8-19)5-13(4-11)9-19/h1-2,6,11-13H,3-5,7-10H2,(H,21,23)(H2,20,22,24). The van der Waals surface area contributed by atoms with Crippen LogP contribution in [0.15, 0.2) is 18.2 Å². The first kappa shape index (κ1) is 15.0. The Bertz CT molecular complexity index is 710. The van der Waals surface area contributed by atoms with Crippen molar-refractivity contribution in [3.63, 3.8) is 0 Å². The number of fused-ring (bicyclic) bond motifs is 1. The molecule has 1 aromatic carbocycles. The highest BCUT2D eigenvalue weighted by atomic mass is 16.5. The van der Waals surface area contributed by atoms with E-state index in [-0.39, 0.29) is 24.1 Å². The maximum Gasteiger partial charge on any atom is 0.319 e. The second-order valence-corrected chi connectivity index (χ2v) is 8.32. The zero-order valence-corrected chi connectivity index (χ0v) is 14.1. The van der Waals surface area contributed by atoms with E-state index in [1.807, 2.05) is 0 Å². The minimum Gasteiger partial charge on any atom is -0.482 e. The maximum absolute atomic E-state index is 12.6. The minimum atomic E-state index is -0.159. The summed E-state index contributed by atoms with van der Waals surface area (Å²) >= 11 is 0. The van der Waals surface area contributed by atoms with Crippen LogP contribution in [0.3, 0.4) is 0 Å². The summed E-state index contributed by atoms with van der Waals surface area (Å²) in [5.74, 6) is 2.83. The second kappa shape index (κ2) is 5.38. The number of anilines is 2. The highest BCUT2D eigenvalue weighted by Crippen LogP contribution is 2.55. The lowest BCUT2D eigenvalue weighted by atomic mass is 9.53. The fraction of sp³-hybridized carbons (Fsp3) is 0.579. The molecule has 0 spiro atoms. The van der Waals surface area contributed by atoms with E-state index in [1.54, 1.807) is 18.2 Å². The zero-order chi connectivity index (χ0) is 17.0. The molecule has 1 heterocycles. The van der Waals surface area contributed by atoms with Crippen molar-refractivity contribution < 1.29 is 14.3 Å². The SMILES string of the molecule is O=C1COc2cc(NC(=O)NC34CC5CC(CC(C5)C3)C4)ccc2N1. The van der Waals surface area contributed by atoms with Crippen LogP contribution in [-0.2, 0) is 4.79 Å². The van der Waals surface area contributed by atoms with Crippen molar-refractivity contribution in [2.24, 2.45) is 17.8 Å². The van der Waals surface area contributed by atoms with Gasteiger partial charge in [-0.05, 0) is 68.4 Å². The molecule has 0 saturated heterocycles. The first-order valence-corrected chi connectivity index (χ1v) is 9.23. The van der Waals surface area contributed by atoms with E-state index >= 15 is 0 Å². The van der Waals surface area contributed by atoms with E-state index in [1.165, 1.54) is 19.3 Å². The average molecular weight is 341 g/mol. The number of amides is 3. The molecular weight excluding hydrogens is 318 g/mol. The highest BCUT2D eigenvalue weighted by Gasteiger charge is 2.51. The van der Waals surface area contributed by atoms with Crippen molar-refractivity contribution in [2.45, 2.75) is 44.1 Å². The summed E-state index contributed by atoms with van der Waals surface area (Å²) in [6.07, 6.45) is 7.46. The third kappa shape index (κ3) is 2.73. The summed E-state index contributed by atoms with van der Waals surface area (Å²) < 4.78 is 5.41. The fourth-order valence-electron chi connectivity index (χ4n) is 5.82. The number of carbonyl (C=O) groups excluding carboxylic acids is 2. The molecule has 4 fully saturated rings. The van der Waals surface area contributed by atoms with E-state index < -0.39 is 0 Å². The van der Waals surface area contributed by atoms with Crippen molar-refractivity contribution in [1.29, 1.82) is 0 Å². The number of carbonyl (C=O) groups is 2. The number of nitrogens with one attached hydrogen (secondary N) is 3. The number of benzene rings is 1. The Morgan fingerprint density at radius 2 is 1.80 bits per heavy atom. The van der Waals surface area contributed by atoms with E-state index in [0.29, 0.717) is 17.1 Å². The van der Waals surface area contributed by atoms with Gasteiger partial charge in [0.25, 0.3) is 5.91 Å². The lowest BCUT2D eigenvalue weighted by Crippen LogP contribution is -2.60. The van der Waals surface area contributed by atoms with Crippen LogP contribution in [0, 0.1) is 17.8 Å². The van der Waals surface area contributed by atoms with Gasteiger partial charge in [-0.3, -0.25) is 4.79 Å². The number of urea groups is 1. The first-order valence-electron chi connectivity index (χ1n) is 9.23. The van der Waals surface area contributed by atoms with Gasteiger partial charge in [0.1, 0.15) is 5.75 Å². The number of hydrogen-bond acceptors (Lipinski definition) is 3. The van der Waals surface area contributed by atoms with E-state index in [4.69, 9.17) is 4.74 Å². The molecule has 25 heavy (non-hydrogen) atoms. The van der Waals surface area contributed by atoms with E-state index in [9.17, 15) is 9.59 Å². The van der Waals surface area contributed by atoms with Crippen LogP contribution < -0.4 is 20.7 Å². The maximum atomic E-state index is 12.6. The fourth-order valence-corrected chi connectivity index (χ4v) is 5.82. The van der Waals surface area contributed by atoms with Gasteiger partial charge in [-0.1, -0.05) is 0 Å². The molecule has 1 aromatic rings. The monoisotopic (exact) mass is 341 g/mol. The highest BCUT2D eigenvalue weighted by molar-refractivity contribution is 5.96. The molecule has 6 heteroatoms. The topological polar surface area (TPSA) is 79.5 Å². The van der Waals surface area contributed by atoms with Gasteiger partial charge in [0.05, 0.1) is 5.69 Å². The quantitative estimate of drug-likeness (QED) is 0.773. The molecule has 132 valence electrons. The first-order chi connectivity index (χ1) is 12.1. The summed E-state index contributed by atoms with van der Waals surface area (Å²) in [6, 6.07) is 5.16. The molecule has 4 aliphatic carbocycles. The number of rotatable bonds is 2. The predicted molar refractivity (Wildman–Crippen MR) is 93.6 cm³/mol.